The molecule has 0 radical (unpaired) electrons. The highest BCUT2D eigenvalue weighted by Crippen LogP contribution is 2.11. The van der Waals surface area contributed by atoms with Crippen molar-refractivity contribution < 1.29 is 8.42 Å². The lowest BCUT2D eigenvalue weighted by atomic mass is 10.4. The molecule has 0 bridgehead atoms. The molecule has 6 nitrogen and oxygen atoms in total. The van der Waals surface area contributed by atoms with E-state index < -0.39 is 10.0 Å². The quantitative estimate of drug-likeness (QED) is 0.864. The number of alkyl halides is 1. The van der Waals surface area contributed by atoms with Gasteiger partial charge >= 0.3 is 0 Å². The Hall–Kier alpha value is -1.41. The van der Waals surface area contributed by atoms with Gasteiger partial charge in [0.25, 0.3) is 0 Å². The number of aromatic nitrogens is 3. The lowest BCUT2D eigenvalue weighted by molar-refractivity contribution is 0.606. The van der Waals surface area contributed by atoms with E-state index in [-0.39, 0.29) is 4.66 Å². The maximum Gasteiger partial charge on any atom is 0.242 e. The fourth-order valence-electron chi connectivity index (χ4n) is 1.20. The summed E-state index contributed by atoms with van der Waals surface area (Å²) in [6, 6.07) is 3.34. The topological polar surface area (TPSA) is 76.9 Å². The molecule has 0 amide bonds. The average Bonchev–Trinajstić information content (AvgIpc) is 2.83. The van der Waals surface area contributed by atoms with Crippen LogP contribution in [0.4, 0.5) is 5.69 Å². The van der Waals surface area contributed by atoms with Crippen LogP contribution in [0, 0.1) is 0 Å². The van der Waals surface area contributed by atoms with Crippen LogP contribution in [0.15, 0.2) is 37.1 Å². The van der Waals surface area contributed by atoms with Gasteiger partial charge in [-0.1, -0.05) is 15.9 Å². The Kier molecular flexibility index (Phi) is 3.43. The lowest BCUT2D eigenvalue weighted by Crippen LogP contribution is -2.13. The Morgan fingerprint density at radius 3 is 2.76 bits per heavy atom. The third-order valence-corrected chi connectivity index (χ3v) is 4.58. The van der Waals surface area contributed by atoms with Crippen molar-refractivity contribution in [1.82, 2.24) is 14.5 Å². The maximum absolute atomic E-state index is 11.3. The summed E-state index contributed by atoms with van der Waals surface area (Å²) in [6.45, 7) is 0. The molecule has 8 heteroatoms. The van der Waals surface area contributed by atoms with Crippen LogP contribution >= 0.6 is 15.9 Å². The molecule has 0 spiro atoms. The van der Waals surface area contributed by atoms with Gasteiger partial charge in [-0.25, -0.2) is 18.4 Å². The van der Waals surface area contributed by atoms with E-state index in [0.717, 1.165) is 0 Å². The normalized spacial score (nSPS) is 11.4. The second-order valence-corrected chi connectivity index (χ2v) is 6.23. The predicted molar refractivity (Wildman–Crippen MR) is 67.7 cm³/mol. The highest BCUT2D eigenvalue weighted by Gasteiger charge is 2.07. The molecule has 0 aliphatic rings. The first-order valence-electron chi connectivity index (χ1n) is 4.61. The first kappa shape index (κ1) is 12.1. The number of halogens is 1. The van der Waals surface area contributed by atoms with Gasteiger partial charge in [0.1, 0.15) is 16.8 Å². The molecule has 0 aromatic carbocycles. The van der Waals surface area contributed by atoms with E-state index in [0.29, 0.717) is 11.5 Å². The summed E-state index contributed by atoms with van der Waals surface area (Å²) in [5.41, 5.74) is 0.424. The first-order chi connectivity index (χ1) is 8.11. The summed E-state index contributed by atoms with van der Waals surface area (Å²) in [7, 11) is -3.33. The van der Waals surface area contributed by atoms with Crippen molar-refractivity contribution in [1.29, 1.82) is 0 Å². The second kappa shape index (κ2) is 4.84. The van der Waals surface area contributed by atoms with E-state index >= 15 is 0 Å². The molecule has 17 heavy (non-hydrogen) atoms. The molecular formula is C9H9BrN4O2S. The second-order valence-electron chi connectivity index (χ2n) is 3.20. The van der Waals surface area contributed by atoms with Crippen molar-refractivity contribution >= 4 is 31.6 Å². The van der Waals surface area contributed by atoms with Gasteiger partial charge in [-0.15, -0.1) is 0 Å². The van der Waals surface area contributed by atoms with Crippen molar-refractivity contribution in [2.45, 2.75) is 0 Å². The van der Waals surface area contributed by atoms with Gasteiger partial charge < -0.3 is 0 Å². The number of sulfonamides is 1. The van der Waals surface area contributed by atoms with E-state index in [1.807, 2.05) is 0 Å². The minimum Gasteiger partial charge on any atom is -0.291 e. The van der Waals surface area contributed by atoms with Crippen LogP contribution in [0.2, 0.25) is 0 Å². The highest BCUT2D eigenvalue weighted by molar-refractivity contribution is 9.10. The monoisotopic (exact) mass is 316 g/mol. The van der Waals surface area contributed by atoms with Crippen LogP contribution in [0.5, 0.6) is 0 Å². The zero-order valence-corrected chi connectivity index (χ0v) is 11.0. The lowest BCUT2D eigenvalue weighted by Gasteiger charge is -2.06. The number of rotatable bonds is 4. The van der Waals surface area contributed by atoms with Crippen LogP contribution < -0.4 is 4.72 Å². The molecule has 2 aromatic rings. The first-order valence-corrected chi connectivity index (χ1v) is 7.39. The number of pyridine rings is 1. The summed E-state index contributed by atoms with van der Waals surface area (Å²) in [5.74, 6) is 0.671. The minimum atomic E-state index is -3.33. The molecule has 0 saturated heterocycles. The Morgan fingerprint density at radius 1 is 1.41 bits per heavy atom. The number of nitrogens with one attached hydrogen (secondary N) is 1. The fourth-order valence-corrected chi connectivity index (χ4v) is 2.08. The standard InChI is InChI=1S/C9H9BrN4O2S/c10-6-17(15,16)13-8-1-2-9(12-5-8)14-4-3-11-7-14/h1-5,7,13H,6H2. The molecule has 2 rings (SSSR count). The molecule has 1 N–H and O–H groups in total. The van der Waals surface area contributed by atoms with Crippen molar-refractivity contribution in [3.8, 4) is 5.82 Å². The highest BCUT2D eigenvalue weighted by atomic mass is 79.9. The van der Waals surface area contributed by atoms with Crippen molar-refractivity contribution in [3.63, 3.8) is 0 Å². The maximum atomic E-state index is 11.3. The minimum absolute atomic E-state index is 0.150. The molecule has 2 aromatic heterocycles. The van der Waals surface area contributed by atoms with E-state index in [1.165, 1.54) is 6.20 Å². The Balaban J connectivity index is 2.19. The predicted octanol–water partition coefficient (Wildman–Crippen LogP) is 1.36. The van der Waals surface area contributed by atoms with Crippen molar-refractivity contribution in [3.05, 3.63) is 37.1 Å². The van der Waals surface area contributed by atoms with Crippen LogP contribution in [-0.2, 0) is 10.0 Å². The van der Waals surface area contributed by atoms with Gasteiger partial charge in [0.05, 0.1) is 11.9 Å². The van der Waals surface area contributed by atoms with E-state index in [4.69, 9.17) is 0 Å². The molecule has 0 fully saturated rings. The third kappa shape index (κ3) is 3.04. The van der Waals surface area contributed by atoms with Gasteiger partial charge in [-0.2, -0.15) is 0 Å². The molecule has 0 aliphatic heterocycles. The number of hydrogen-bond donors (Lipinski definition) is 1. The SMILES string of the molecule is O=S(=O)(CBr)Nc1ccc(-n2ccnc2)nc1. The average molecular weight is 317 g/mol. The van der Waals surface area contributed by atoms with Crippen LogP contribution in [-0.4, -0.2) is 27.6 Å². The van der Waals surface area contributed by atoms with Crippen LogP contribution in [0.3, 0.4) is 0 Å². The summed E-state index contributed by atoms with van der Waals surface area (Å²) in [5, 5.41) is 0. The van der Waals surface area contributed by atoms with Gasteiger partial charge in [0, 0.05) is 12.4 Å². The van der Waals surface area contributed by atoms with Gasteiger partial charge in [0.2, 0.25) is 10.0 Å². The molecule has 0 aliphatic carbocycles. The molecule has 0 atom stereocenters. The van der Waals surface area contributed by atoms with E-state index in [1.54, 1.807) is 35.4 Å². The zero-order chi connectivity index (χ0) is 12.3. The fraction of sp³-hybridized carbons (Fsp3) is 0.111. The molecule has 0 saturated carbocycles. The number of imidazole rings is 1. The molecule has 2 heterocycles. The third-order valence-electron chi connectivity index (χ3n) is 1.93. The van der Waals surface area contributed by atoms with E-state index in [2.05, 4.69) is 30.6 Å². The number of anilines is 1. The van der Waals surface area contributed by atoms with Gasteiger partial charge in [-0.05, 0) is 12.1 Å². The summed E-state index contributed by atoms with van der Waals surface area (Å²) in [6.07, 6.45) is 6.47. The molecule has 90 valence electrons. The summed E-state index contributed by atoms with van der Waals surface area (Å²) in [4.78, 5) is 8.02. The largest absolute Gasteiger partial charge is 0.291 e. The Labute approximate surface area is 107 Å². The smallest absolute Gasteiger partial charge is 0.242 e. The van der Waals surface area contributed by atoms with Gasteiger partial charge in [0.15, 0.2) is 0 Å². The molecule has 0 unspecified atom stereocenters. The van der Waals surface area contributed by atoms with E-state index in [9.17, 15) is 8.42 Å². The number of nitrogens with zero attached hydrogens (tertiary/aromatic N) is 3. The number of hydrogen-bond acceptors (Lipinski definition) is 4. The zero-order valence-electron chi connectivity index (χ0n) is 8.62. The van der Waals surface area contributed by atoms with Crippen molar-refractivity contribution in [2.75, 3.05) is 9.38 Å². The van der Waals surface area contributed by atoms with Crippen LogP contribution in [0.25, 0.3) is 5.82 Å². The summed E-state index contributed by atoms with van der Waals surface area (Å²) >= 11 is 2.89. The Bertz CT molecular complexity index is 580. The Morgan fingerprint density at radius 2 is 2.24 bits per heavy atom. The van der Waals surface area contributed by atoms with Crippen molar-refractivity contribution in [2.24, 2.45) is 0 Å². The van der Waals surface area contributed by atoms with Gasteiger partial charge in [-0.3, -0.25) is 9.29 Å². The van der Waals surface area contributed by atoms with Crippen LogP contribution in [0.1, 0.15) is 0 Å². The molecular weight excluding hydrogens is 308 g/mol. The summed E-state index contributed by atoms with van der Waals surface area (Å²) < 4.78 is 26.5.